The Balaban J connectivity index is 2.08. The van der Waals surface area contributed by atoms with Crippen LogP contribution in [0, 0.1) is 0 Å². The van der Waals surface area contributed by atoms with E-state index in [0.29, 0.717) is 18.9 Å². The van der Waals surface area contributed by atoms with Gasteiger partial charge in [-0.25, -0.2) is 0 Å². The number of amides is 1. The molecular weight excluding hydrogens is 204 g/mol. The maximum Gasteiger partial charge on any atom is 0.223 e. The molecule has 1 N–H and O–H groups in total. The molecule has 16 heavy (non-hydrogen) atoms. The third-order valence-electron chi connectivity index (χ3n) is 2.96. The molecule has 1 fully saturated rings. The number of methoxy groups -OCH3 is 1. The summed E-state index contributed by atoms with van der Waals surface area (Å²) in [6, 6.07) is 0. The highest BCUT2D eigenvalue weighted by Gasteiger charge is 2.14. The molecule has 0 aromatic heterocycles. The molecule has 94 valence electrons. The van der Waals surface area contributed by atoms with Crippen LogP contribution in [-0.4, -0.2) is 50.7 Å². The smallest absolute Gasteiger partial charge is 0.223 e. The fraction of sp³-hybridized carbons (Fsp3) is 0.917. The summed E-state index contributed by atoms with van der Waals surface area (Å²) in [6.45, 7) is 4.20. The van der Waals surface area contributed by atoms with Crippen LogP contribution in [-0.2, 0) is 9.53 Å². The van der Waals surface area contributed by atoms with Crippen molar-refractivity contribution >= 4 is 5.91 Å². The summed E-state index contributed by atoms with van der Waals surface area (Å²) >= 11 is 0. The molecule has 1 saturated heterocycles. The molecule has 0 saturated carbocycles. The summed E-state index contributed by atoms with van der Waals surface area (Å²) in [7, 11) is 1.68. The summed E-state index contributed by atoms with van der Waals surface area (Å²) in [5.41, 5.74) is 0. The number of carbonyl (C=O) groups is 1. The van der Waals surface area contributed by atoms with Crippen molar-refractivity contribution in [3.05, 3.63) is 0 Å². The van der Waals surface area contributed by atoms with Crippen molar-refractivity contribution in [2.24, 2.45) is 0 Å². The Morgan fingerprint density at radius 2 is 1.88 bits per heavy atom. The first kappa shape index (κ1) is 13.5. The highest BCUT2D eigenvalue weighted by atomic mass is 16.5. The predicted octanol–water partition coefficient (Wildman–Crippen LogP) is 1.02. The second-order valence-electron chi connectivity index (χ2n) is 4.29. The average molecular weight is 228 g/mol. The quantitative estimate of drug-likeness (QED) is 0.690. The first-order valence-electron chi connectivity index (χ1n) is 6.32. The number of nitrogens with zero attached hydrogens (tertiary/aromatic N) is 1. The number of hydrogen-bond donors (Lipinski definition) is 1. The fourth-order valence-electron chi connectivity index (χ4n) is 1.97. The van der Waals surface area contributed by atoms with Gasteiger partial charge in [0.2, 0.25) is 5.91 Å². The largest absolute Gasteiger partial charge is 0.383 e. The van der Waals surface area contributed by atoms with E-state index in [2.05, 4.69) is 5.32 Å². The zero-order valence-corrected chi connectivity index (χ0v) is 10.3. The van der Waals surface area contributed by atoms with Crippen LogP contribution in [0.3, 0.4) is 0 Å². The Labute approximate surface area is 98.3 Å². The molecule has 0 unspecified atom stereocenters. The van der Waals surface area contributed by atoms with Crippen LogP contribution in [0.1, 0.15) is 32.1 Å². The van der Waals surface area contributed by atoms with Gasteiger partial charge in [-0.15, -0.1) is 0 Å². The van der Waals surface area contributed by atoms with E-state index < -0.39 is 0 Å². The molecule has 0 radical (unpaired) electrons. The standard InChI is InChI=1S/C12H24N2O2/c1-16-11-8-13-7-6-12(15)14-9-4-2-3-5-10-14/h13H,2-11H2,1H3. The summed E-state index contributed by atoms with van der Waals surface area (Å²) in [5, 5.41) is 3.20. The molecule has 0 atom stereocenters. The van der Waals surface area contributed by atoms with Gasteiger partial charge in [-0.1, -0.05) is 12.8 Å². The van der Waals surface area contributed by atoms with Gasteiger partial charge in [0.1, 0.15) is 0 Å². The minimum atomic E-state index is 0.298. The SMILES string of the molecule is COCCNCCC(=O)N1CCCCCC1. The lowest BCUT2D eigenvalue weighted by Gasteiger charge is -2.20. The molecule has 4 heteroatoms. The number of carbonyl (C=O) groups excluding carboxylic acids is 1. The lowest BCUT2D eigenvalue weighted by molar-refractivity contribution is -0.131. The first-order valence-corrected chi connectivity index (χ1v) is 6.32. The minimum absolute atomic E-state index is 0.298. The van der Waals surface area contributed by atoms with Crippen molar-refractivity contribution in [2.45, 2.75) is 32.1 Å². The van der Waals surface area contributed by atoms with Crippen LogP contribution in [0.5, 0.6) is 0 Å². The topological polar surface area (TPSA) is 41.6 Å². The van der Waals surface area contributed by atoms with Crippen molar-refractivity contribution in [2.75, 3.05) is 39.9 Å². The number of hydrogen-bond acceptors (Lipinski definition) is 3. The van der Waals surface area contributed by atoms with Gasteiger partial charge in [-0.05, 0) is 12.8 Å². The lowest BCUT2D eigenvalue weighted by atomic mass is 10.2. The third kappa shape index (κ3) is 5.47. The Hall–Kier alpha value is -0.610. The van der Waals surface area contributed by atoms with Gasteiger partial charge in [0.25, 0.3) is 0 Å². The summed E-state index contributed by atoms with van der Waals surface area (Å²) in [4.78, 5) is 13.9. The van der Waals surface area contributed by atoms with E-state index in [1.54, 1.807) is 7.11 Å². The van der Waals surface area contributed by atoms with Gasteiger partial charge in [0.05, 0.1) is 6.61 Å². The Kier molecular flexibility index (Phi) is 7.17. The Morgan fingerprint density at radius 1 is 1.19 bits per heavy atom. The molecular formula is C12H24N2O2. The molecule has 1 heterocycles. The average Bonchev–Trinajstić information content (AvgIpc) is 2.57. The van der Waals surface area contributed by atoms with E-state index in [9.17, 15) is 4.79 Å². The maximum absolute atomic E-state index is 11.8. The van der Waals surface area contributed by atoms with Gasteiger partial charge < -0.3 is 15.0 Å². The molecule has 0 aliphatic carbocycles. The minimum Gasteiger partial charge on any atom is -0.383 e. The molecule has 4 nitrogen and oxygen atoms in total. The van der Waals surface area contributed by atoms with E-state index in [1.165, 1.54) is 25.7 Å². The number of ether oxygens (including phenoxy) is 1. The van der Waals surface area contributed by atoms with Crippen LogP contribution in [0.2, 0.25) is 0 Å². The van der Waals surface area contributed by atoms with E-state index in [1.807, 2.05) is 4.90 Å². The molecule has 0 aromatic carbocycles. The van der Waals surface area contributed by atoms with Crippen LogP contribution >= 0.6 is 0 Å². The molecule has 1 amide bonds. The zero-order valence-electron chi connectivity index (χ0n) is 10.3. The third-order valence-corrected chi connectivity index (χ3v) is 2.96. The van der Waals surface area contributed by atoms with E-state index >= 15 is 0 Å². The molecule has 0 bridgehead atoms. The normalized spacial score (nSPS) is 17.2. The summed E-state index contributed by atoms with van der Waals surface area (Å²) in [6.07, 6.45) is 5.50. The maximum atomic E-state index is 11.8. The highest BCUT2D eigenvalue weighted by Crippen LogP contribution is 2.10. The van der Waals surface area contributed by atoms with Gasteiger partial charge in [-0.2, -0.15) is 0 Å². The molecule has 1 aliphatic rings. The first-order chi connectivity index (χ1) is 7.84. The second kappa shape index (κ2) is 8.53. The number of rotatable bonds is 6. The fourth-order valence-corrected chi connectivity index (χ4v) is 1.97. The van der Waals surface area contributed by atoms with Crippen molar-refractivity contribution in [1.82, 2.24) is 10.2 Å². The van der Waals surface area contributed by atoms with Crippen molar-refractivity contribution < 1.29 is 9.53 Å². The van der Waals surface area contributed by atoms with Crippen LogP contribution in [0.4, 0.5) is 0 Å². The molecule has 0 aromatic rings. The second-order valence-corrected chi connectivity index (χ2v) is 4.29. The van der Waals surface area contributed by atoms with Crippen LogP contribution in [0.25, 0.3) is 0 Å². The molecule has 0 spiro atoms. The highest BCUT2D eigenvalue weighted by molar-refractivity contribution is 5.76. The molecule has 1 aliphatic heterocycles. The monoisotopic (exact) mass is 228 g/mol. The summed E-state index contributed by atoms with van der Waals surface area (Å²) in [5.74, 6) is 0.298. The van der Waals surface area contributed by atoms with Crippen molar-refractivity contribution in [3.8, 4) is 0 Å². The van der Waals surface area contributed by atoms with Gasteiger partial charge >= 0.3 is 0 Å². The van der Waals surface area contributed by atoms with Gasteiger partial charge in [0.15, 0.2) is 0 Å². The lowest BCUT2D eigenvalue weighted by Crippen LogP contribution is -2.34. The zero-order chi connectivity index (χ0) is 11.6. The van der Waals surface area contributed by atoms with Crippen LogP contribution < -0.4 is 5.32 Å². The van der Waals surface area contributed by atoms with E-state index in [0.717, 1.165) is 26.2 Å². The van der Waals surface area contributed by atoms with Gasteiger partial charge in [0, 0.05) is 39.7 Å². The Morgan fingerprint density at radius 3 is 2.50 bits per heavy atom. The van der Waals surface area contributed by atoms with Crippen molar-refractivity contribution in [3.63, 3.8) is 0 Å². The van der Waals surface area contributed by atoms with Crippen molar-refractivity contribution in [1.29, 1.82) is 0 Å². The number of nitrogens with one attached hydrogen (secondary N) is 1. The van der Waals surface area contributed by atoms with E-state index in [4.69, 9.17) is 4.74 Å². The van der Waals surface area contributed by atoms with E-state index in [-0.39, 0.29) is 0 Å². The summed E-state index contributed by atoms with van der Waals surface area (Å²) < 4.78 is 4.92. The predicted molar refractivity (Wildman–Crippen MR) is 64.4 cm³/mol. The Bertz CT molecular complexity index is 189. The molecule has 1 rings (SSSR count). The van der Waals surface area contributed by atoms with Gasteiger partial charge in [-0.3, -0.25) is 4.79 Å². The van der Waals surface area contributed by atoms with Crippen LogP contribution in [0.15, 0.2) is 0 Å². The number of likely N-dealkylation sites (tertiary alicyclic amines) is 1.